The summed E-state index contributed by atoms with van der Waals surface area (Å²) in [7, 11) is 2.15. The molecule has 0 N–H and O–H groups in total. The van der Waals surface area contributed by atoms with Crippen molar-refractivity contribution in [2.45, 2.75) is 9.79 Å². The molecule has 0 aromatic heterocycles. The molecule has 23 heavy (non-hydrogen) atoms. The van der Waals surface area contributed by atoms with Gasteiger partial charge in [-0.2, -0.15) is 0 Å². The van der Waals surface area contributed by atoms with Crippen LogP contribution in [0.2, 0.25) is 0 Å². The zero-order valence-electron chi connectivity index (χ0n) is 13.1. The molecule has 0 spiro atoms. The van der Waals surface area contributed by atoms with E-state index in [4.69, 9.17) is 0 Å². The second-order valence-corrected chi connectivity index (χ2v) is 7.18. The van der Waals surface area contributed by atoms with Gasteiger partial charge < -0.3 is 9.80 Å². The molecule has 0 amide bonds. The van der Waals surface area contributed by atoms with Gasteiger partial charge in [0, 0.05) is 47.2 Å². The molecule has 0 atom stereocenters. The van der Waals surface area contributed by atoms with Crippen molar-refractivity contribution in [3.05, 3.63) is 59.4 Å². The molecule has 2 aliphatic heterocycles. The van der Waals surface area contributed by atoms with Crippen molar-refractivity contribution in [1.29, 1.82) is 0 Å². The molecule has 2 nitrogen and oxygen atoms in total. The Hall–Kier alpha value is -1.78. The van der Waals surface area contributed by atoms with Gasteiger partial charge in [0.25, 0.3) is 0 Å². The van der Waals surface area contributed by atoms with Crippen molar-refractivity contribution in [3.8, 4) is 0 Å². The third kappa shape index (κ3) is 2.89. The van der Waals surface area contributed by atoms with Crippen molar-refractivity contribution in [3.63, 3.8) is 0 Å². The van der Waals surface area contributed by atoms with E-state index in [0.717, 1.165) is 42.3 Å². The number of halogens is 1. The zero-order valence-corrected chi connectivity index (χ0v) is 13.9. The van der Waals surface area contributed by atoms with Crippen LogP contribution in [-0.2, 0) is 0 Å². The van der Waals surface area contributed by atoms with Crippen LogP contribution >= 0.6 is 11.8 Å². The van der Waals surface area contributed by atoms with Crippen molar-refractivity contribution in [2.24, 2.45) is 0 Å². The highest BCUT2D eigenvalue weighted by molar-refractivity contribution is 7.99. The third-order valence-corrected chi connectivity index (χ3v) is 5.66. The highest BCUT2D eigenvalue weighted by Crippen LogP contribution is 2.41. The summed E-state index contributed by atoms with van der Waals surface area (Å²) in [6.07, 6.45) is 2.22. The average molecular weight is 326 g/mol. The molecule has 1 saturated heterocycles. The Bertz CT molecular complexity index is 764. The first-order chi connectivity index (χ1) is 11.2. The standard InChI is InChI=1S/C19H19FN2S/c1-21-8-10-22(11-9-21)17-12-14-4-2-3-5-18(14)23-19-7-6-15(20)13-16(17)19/h2-7,12-13H,8-11H2,1H3. The minimum absolute atomic E-state index is 0.171. The quantitative estimate of drug-likeness (QED) is 0.781. The van der Waals surface area contributed by atoms with Gasteiger partial charge in [-0.15, -0.1) is 0 Å². The van der Waals surface area contributed by atoms with Crippen LogP contribution in [0.4, 0.5) is 4.39 Å². The fourth-order valence-electron chi connectivity index (χ4n) is 3.14. The van der Waals surface area contributed by atoms with Gasteiger partial charge in [-0.3, -0.25) is 0 Å². The van der Waals surface area contributed by atoms with Crippen LogP contribution in [0.25, 0.3) is 11.8 Å². The third-order valence-electron chi connectivity index (χ3n) is 4.49. The van der Waals surface area contributed by atoms with E-state index in [1.165, 1.54) is 10.5 Å². The molecule has 0 unspecified atom stereocenters. The predicted molar refractivity (Wildman–Crippen MR) is 93.9 cm³/mol. The lowest BCUT2D eigenvalue weighted by molar-refractivity contribution is 0.207. The molecule has 0 bridgehead atoms. The summed E-state index contributed by atoms with van der Waals surface area (Å²) in [4.78, 5) is 7.08. The van der Waals surface area contributed by atoms with E-state index in [1.807, 2.05) is 6.07 Å². The van der Waals surface area contributed by atoms with Gasteiger partial charge in [0.05, 0.1) is 0 Å². The molecule has 0 radical (unpaired) electrons. The lowest BCUT2D eigenvalue weighted by atomic mass is 10.1. The van der Waals surface area contributed by atoms with E-state index in [2.05, 4.69) is 47.2 Å². The molecule has 2 aliphatic rings. The summed E-state index contributed by atoms with van der Waals surface area (Å²) in [6, 6.07) is 13.5. The topological polar surface area (TPSA) is 6.48 Å². The molecule has 0 aliphatic carbocycles. The van der Waals surface area contributed by atoms with Crippen molar-refractivity contribution < 1.29 is 4.39 Å². The second-order valence-electron chi connectivity index (χ2n) is 6.10. The molecule has 4 heteroatoms. The van der Waals surface area contributed by atoms with Gasteiger partial charge in [-0.1, -0.05) is 30.0 Å². The van der Waals surface area contributed by atoms with Crippen LogP contribution in [0.5, 0.6) is 0 Å². The Labute approximate surface area is 140 Å². The second kappa shape index (κ2) is 6.02. The molecule has 2 heterocycles. The fraction of sp³-hybridized carbons (Fsp3) is 0.263. The lowest BCUT2D eigenvalue weighted by Crippen LogP contribution is -2.43. The van der Waals surface area contributed by atoms with Gasteiger partial charge in [0.2, 0.25) is 0 Å². The number of rotatable bonds is 1. The zero-order chi connectivity index (χ0) is 15.8. The van der Waals surface area contributed by atoms with Crippen molar-refractivity contribution in [1.82, 2.24) is 9.80 Å². The fourth-order valence-corrected chi connectivity index (χ4v) is 4.17. The Morgan fingerprint density at radius 2 is 1.74 bits per heavy atom. The number of hydrogen-bond acceptors (Lipinski definition) is 3. The van der Waals surface area contributed by atoms with E-state index < -0.39 is 0 Å². The maximum atomic E-state index is 13.9. The molecule has 2 aromatic rings. The predicted octanol–water partition coefficient (Wildman–Crippen LogP) is 4.04. The SMILES string of the molecule is CN1CCN(C2=Cc3ccccc3Sc3ccc(F)cc32)CC1. The number of fused-ring (bicyclic) bond motifs is 2. The number of piperazine rings is 1. The van der Waals surface area contributed by atoms with Crippen molar-refractivity contribution >= 4 is 23.5 Å². The first-order valence-corrected chi connectivity index (χ1v) is 8.74. The van der Waals surface area contributed by atoms with Gasteiger partial charge >= 0.3 is 0 Å². The van der Waals surface area contributed by atoms with Crippen LogP contribution in [0.3, 0.4) is 0 Å². The number of nitrogens with zero attached hydrogens (tertiary/aromatic N) is 2. The molecular weight excluding hydrogens is 307 g/mol. The monoisotopic (exact) mass is 326 g/mol. The number of benzene rings is 2. The Kier molecular flexibility index (Phi) is 3.87. The van der Waals surface area contributed by atoms with Crippen LogP contribution in [0.15, 0.2) is 52.3 Å². The van der Waals surface area contributed by atoms with E-state index in [1.54, 1.807) is 23.9 Å². The van der Waals surface area contributed by atoms with Gasteiger partial charge in [-0.05, 0) is 43.0 Å². The van der Waals surface area contributed by atoms with Gasteiger partial charge in [-0.25, -0.2) is 4.39 Å². The summed E-state index contributed by atoms with van der Waals surface area (Å²) in [5.74, 6) is -0.171. The van der Waals surface area contributed by atoms with Crippen LogP contribution in [0, 0.1) is 5.82 Å². The number of likely N-dealkylation sites (N-methyl/N-ethyl adjacent to an activating group) is 1. The Balaban J connectivity index is 1.84. The minimum Gasteiger partial charge on any atom is -0.368 e. The average Bonchev–Trinajstić information content (AvgIpc) is 2.72. The Morgan fingerprint density at radius 1 is 0.957 bits per heavy atom. The highest BCUT2D eigenvalue weighted by atomic mass is 32.2. The van der Waals surface area contributed by atoms with Gasteiger partial charge in [0.15, 0.2) is 0 Å². The summed E-state index contributed by atoms with van der Waals surface area (Å²) in [6.45, 7) is 4.03. The molecular formula is C19H19FN2S. The largest absolute Gasteiger partial charge is 0.368 e. The molecule has 4 rings (SSSR count). The normalized spacial score (nSPS) is 18.0. The number of hydrogen-bond donors (Lipinski definition) is 0. The minimum atomic E-state index is -0.171. The highest BCUT2D eigenvalue weighted by Gasteiger charge is 2.23. The maximum Gasteiger partial charge on any atom is 0.123 e. The molecule has 0 saturated carbocycles. The van der Waals surface area contributed by atoms with Crippen molar-refractivity contribution in [2.75, 3.05) is 33.2 Å². The van der Waals surface area contributed by atoms with Crippen LogP contribution < -0.4 is 0 Å². The van der Waals surface area contributed by atoms with Crippen LogP contribution in [0.1, 0.15) is 11.1 Å². The van der Waals surface area contributed by atoms with E-state index in [0.29, 0.717) is 0 Å². The molecule has 118 valence electrons. The van der Waals surface area contributed by atoms with E-state index >= 15 is 0 Å². The summed E-state index contributed by atoms with van der Waals surface area (Å²) in [5.41, 5.74) is 3.36. The summed E-state index contributed by atoms with van der Waals surface area (Å²) < 4.78 is 13.9. The Morgan fingerprint density at radius 3 is 2.57 bits per heavy atom. The molecule has 1 fully saturated rings. The maximum absolute atomic E-state index is 13.9. The van der Waals surface area contributed by atoms with Crippen LogP contribution in [-0.4, -0.2) is 43.0 Å². The first-order valence-electron chi connectivity index (χ1n) is 7.93. The van der Waals surface area contributed by atoms with E-state index in [-0.39, 0.29) is 5.82 Å². The van der Waals surface area contributed by atoms with E-state index in [9.17, 15) is 4.39 Å². The first kappa shape index (κ1) is 14.8. The van der Waals surface area contributed by atoms with Gasteiger partial charge in [0.1, 0.15) is 5.82 Å². The summed E-state index contributed by atoms with van der Waals surface area (Å²) in [5, 5.41) is 0. The molecule has 2 aromatic carbocycles. The smallest absolute Gasteiger partial charge is 0.123 e. The lowest BCUT2D eigenvalue weighted by Gasteiger charge is -2.36. The summed E-state index contributed by atoms with van der Waals surface area (Å²) >= 11 is 1.72.